The summed E-state index contributed by atoms with van der Waals surface area (Å²) in [6, 6.07) is 2.06. The van der Waals surface area contributed by atoms with Crippen LogP contribution in [0.5, 0.6) is 0 Å². The standard InChI is InChI=1S/C9H14BrNOS2/c1-14(12)6-2-4-11-7-9-8(10)3-5-13-9/h3,5,11H,2,4,6-7H2,1H3. The molecule has 14 heavy (non-hydrogen) atoms. The molecule has 0 radical (unpaired) electrons. The maximum atomic E-state index is 10.8. The van der Waals surface area contributed by atoms with E-state index in [0.29, 0.717) is 0 Å². The van der Waals surface area contributed by atoms with Gasteiger partial charge in [0.15, 0.2) is 0 Å². The Bertz CT molecular complexity index is 301. The molecule has 1 rings (SSSR count). The Morgan fingerprint density at radius 3 is 3.00 bits per heavy atom. The average Bonchev–Trinajstić information content (AvgIpc) is 2.51. The van der Waals surface area contributed by atoms with Crippen molar-refractivity contribution in [3.63, 3.8) is 0 Å². The normalized spacial score (nSPS) is 13.0. The number of nitrogens with one attached hydrogen (secondary N) is 1. The molecule has 80 valence electrons. The van der Waals surface area contributed by atoms with E-state index in [1.54, 1.807) is 17.6 Å². The molecule has 1 aromatic rings. The molecule has 0 aliphatic carbocycles. The van der Waals surface area contributed by atoms with Crippen molar-refractivity contribution >= 4 is 38.1 Å². The monoisotopic (exact) mass is 295 g/mol. The summed E-state index contributed by atoms with van der Waals surface area (Å²) in [4.78, 5) is 1.32. The highest BCUT2D eigenvalue weighted by atomic mass is 79.9. The number of rotatable bonds is 6. The quantitative estimate of drug-likeness (QED) is 0.817. The van der Waals surface area contributed by atoms with Crippen LogP contribution in [0.25, 0.3) is 0 Å². The van der Waals surface area contributed by atoms with Gasteiger partial charge in [-0.3, -0.25) is 4.21 Å². The van der Waals surface area contributed by atoms with Crippen molar-refractivity contribution in [1.82, 2.24) is 5.32 Å². The highest BCUT2D eigenvalue weighted by Crippen LogP contribution is 2.21. The Morgan fingerprint density at radius 1 is 1.64 bits per heavy atom. The minimum absolute atomic E-state index is 0.657. The van der Waals surface area contributed by atoms with Gasteiger partial charge in [-0.2, -0.15) is 0 Å². The molecule has 0 aliphatic rings. The average molecular weight is 296 g/mol. The van der Waals surface area contributed by atoms with Gasteiger partial charge in [0, 0.05) is 38.7 Å². The summed E-state index contributed by atoms with van der Waals surface area (Å²) in [6.45, 7) is 1.83. The summed E-state index contributed by atoms with van der Waals surface area (Å²) in [5.41, 5.74) is 0. The first-order chi connectivity index (χ1) is 6.70. The van der Waals surface area contributed by atoms with Crippen LogP contribution in [0.4, 0.5) is 0 Å². The number of halogens is 1. The fourth-order valence-corrected chi connectivity index (χ4v) is 3.07. The zero-order valence-corrected chi connectivity index (χ0v) is 11.3. The van der Waals surface area contributed by atoms with Crippen molar-refractivity contribution in [1.29, 1.82) is 0 Å². The van der Waals surface area contributed by atoms with Gasteiger partial charge in [-0.1, -0.05) is 0 Å². The summed E-state index contributed by atoms with van der Waals surface area (Å²) >= 11 is 5.22. The third-order valence-corrected chi connectivity index (χ3v) is 4.55. The molecule has 0 aromatic carbocycles. The van der Waals surface area contributed by atoms with E-state index in [9.17, 15) is 4.21 Å². The zero-order valence-electron chi connectivity index (χ0n) is 8.09. The minimum Gasteiger partial charge on any atom is -0.312 e. The lowest BCUT2D eigenvalue weighted by Gasteiger charge is -2.02. The number of thiophene rings is 1. The van der Waals surface area contributed by atoms with Crippen LogP contribution in [0, 0.1) is 0 Å². The predicted octanol–water partition coefficient (Wildman–Crippen LogP) is 2.37. The minimum atomic E-state index is -0.657. The van der Waals surface area contributed by atoms with E-state index in [1.807, 2.05) is 0 Å². The molecule has 0 bridgehead atoms. The molecule has 0 spiro atoms. The smallest absolute Gasteiger partial charge is 0.0327 e. The van der Waals surface area contributed by atoms with E-state index < -0.39 is 10.8 Å². The molecule has 0 saturated heterocycles. The molecule has 2 nitrogen and oxygen atoms in total. The van der Waals surface area contributed by atoms with Crippen LogP contribution in [-0.4, -0.2) is 22.8 Å². The van der Waals surface area contributed by atoms with Crippen LogP contribution in [0.2, 0.25) is 0 Å². The fourth-order valence-electron chi connectivity index (χ4n) is 1.05. The molecule has 0 aliphatic heterocycles. The Labute approximate surface area is 99.7 Å². The van der Waals surface area contributed by atoms with Crippen LogP contribution in [0.3, 0.4) is 0 Å². The predicted molar refractivity (Wildman–Crippen MR) is 67.3 cm³/mol. The van der Waals surface area contributed by atoms with Crippen LogP contribution in [0.1, 0.15) is 11.3 Å². The topological polar surface area (TPSA) is 29.1 Å². The third-order valence-electron chi connectivity index (χ3n) is 1.76. The van der Waals surface area contributed by atoms with E-state index >= 15 is 0 Å². The van der Waals surface area contributed by atoms with Crippen molar-refractivity contribution in [2.75, 3.05) is 18.6 Å². The zero-order chi connectivity index (χ0) is 10.4. The first-order valence-corrected chi connectivity index (χ1v) is 7.82. The molecular formula is C9H14BrNOS2. The molecule has 1 unspecified atom stereocenters. The van der Waals surface area contributed by atoms with Crippen LogP contribution in [0.15, 0.2) is 15.9 Å². The van der Waals surface area contributed by atoms with Crippen LogP contribution < -0.4 is 5.32 Å². The highest BCUT2D eigenvalue weighted by Gasteiger charge is 1.99. The lowest BCUT2D eigenvalue weighted by Crippen LogP contribution is -2.16. The van der Waals surface area contributed by atoms with Crippen LogP contribution >= 0.6 is 27.3 Å². The second kappa shape index (κ2) is 6.71. The first-order valence-electron chi connectivity index (χ1n) is 4.43. The second-order valence-corrected chi connectivity index (χ2v) is 6.41. The molecule has 0 saturated carbocycles. The van der Waals surface area contributed by atoms with E-state index in [0.717, 1.165) is 25.3 Å². The van der Waals surface area contributed by atoms with Gasteiger partial charge in [0.2, 0.25) is 0 Å². The van der Waals surface area contributed by atoms with E-state index in [-0.39, 0.29) is 0 Å². The lowest BCUT2D eigenvalue weighted by molar-refractivity contribution is 0.664. The molecule has 1 N–H and O–H groups in total. The molecule has 5 heteroatoms. The Balaban J connectivity index is 2.10. The molecular weight excluding hydrogens is 282 g/mol. The van der Waals surface area contributed by atoms with Crippen molar-refractivity contribution in [3.8, 4) is 0 Å². The molecule has 1 heterocycles. The van der Waals surface area contributed by atoms with Crippen molar-refractivity contribution in [2.45, 2.75) is 13.0 Å². The van der Waals surface area contributed by atoms with Gasteiger partial charge >= 0.3 is 0 Å². The fraction of sp³-hybridized carbons (Fsp3) is 0.556. The van der Waals surface area contributed by atoms with Gasteiger partial charge in [-0.25, -0.2) is 0 Å². The Morgan fingerprint density at radius 2 is 2.43 bits per heavy atom. The van der Waals surface area contributed by atoms with E-state index in [2.05, 4.69) is 32.7 Å². The summed E-state index contributed by atoms with van der Waals surface area (Å²) < 4.78 is 11.9. The van der Waals surface area contributed by atoms with E-state index in [1.165, 1.54) is 9.35 Å². The van der Waals surface area contributed by atoms with Gasteiger partial charge in [0.1, 0.15) is 0 Å². The van der Waals surface area contributed by atoms with Gasteiger partial charge in [0.25, 0.3) is 0 Å². The van der Waals surface area contributed by atoms with Crippen molar-refractivity contribution in [3.05, 3.63) is 20.8 Å². The molecule has 1 aromatic heterocycles. The van der Waals surface area contributed by atoms with Crippen LogP contribution in [-0.2, 0) is 17.3 Å². The highest BCUT2D eigenvalue weighted by molar-refractivity contribution is 9.10. The largest absolute Gasteiger partial charge is 0.312 e. The van der Waals surface area contributed by atoms with Gasteiger partial charge < -0.3 is 5.32 Å². The number of hydrogen-bond acceptors (Lipinski definition) is 3. The van der Waals surface area contributed by atoms with E-state index in [4.69, 9.17) is 0 Å². The van der Waals surface area contributed by atoms with Gasteiger partial charge in [0.05, 0.1) is 0 Å². The summed E-state index contributed by atoms with van der Waals surface area (Å²) in [5, 5.41) is 5.40. The second-order valence-electron chi connectivity index (χ2n) is 3.00. The third kappa shape index (κ3) is 4.68. The SMILES string of the molecule is CS(=O)CCCNCc1sccc1Br. The van der Waals surface area contributed by atoms with Crippen molar-refractivity contribution < 1.29 is 4.21 Å². The van der Waals surface area contributed by atoms with Gasteiger partial charge in [-0.15, -0.1) is 11.3 Å². The number of hydrogen-bond donors (Lipinski definition) is 1. The maximum Gasteiger partial charge on any atom is 0.0327 e. The Hall–Kier alpha value is 0.290. The summed E-state index contributed by atoms with van der Waals surface area (Å²) in [7, 11) is -0.657. The lowest BCUT2D eigenvalue weighted by atomic mass is 10.4. The molecule has 1 atom stereocenters. The van der Waals surface area contributed by atoms with Crippen molar-refractivity contribution in [2.24, 2.45) is 0 Å². The molecule has 0 fully saturated rings. The Kier molecular flexibility index (Phi) is 5.93. The first kappa shape index (κ1) is 12.4. The molecule has 0 amide bonds. The summed E-state index contributed by atoms with van der Waals surface area (Å²) in [6.07, 6.45) is 2.72. The maximum absolute atomic E-state index is 10.8. The van der Waals surface area contributed by atoms with Gasteiger partial charge in [-0.05, 0) is 40.3 Å². The summed E-state index contributed by atoms with van der Waals surface area (Å²) in [5.74, 6) is 0.790.